The van der Waals surface area contributed by atoms with E-state index in [0.29, 0.717) is 6.61 Å². The molecule has 3 nitrogen and oxygen atoms in total. The minimum absolute atomic E-state index is 0.322. The van der Waals surface area contributed by atoms with Crippen molar-refractivity contribution < 1.29 is 14.8 Å². The van der Waals surface area contributed by atoms with Crippen molar-refractivity contribution >= 4 is 7.12 Å². The molecule has 0 amide bonds. The van der Waals surface area contributed by atoms with Gasteiger partial charge in [-0.1, -0.05) is 37.5 Å². The zero-order valence-electron chi connectivity index (χ0n) is 7.47. The van der Waals surface area contributed by atoms with Crippen LogP contribution in [0.2, 0.25) is 0 Å². The molecule has 0 aliphatic rings. The first kappa shape index (κ1) is 10.2. The van der Waals surface area contributed by atoms with Crippen molar-refractivity contribution in [3.63, 3.8) is 0 Å². The lowest BCUT2D eigenvalue weighted by molar-refractivity contribution is -0.359. The van der Waals surface area contributed by atoms with Crippen molar-refractivity contribution in [1.82, 2.24) is 0 Å². The van der Waals surface area contributed by atoms with Gasteiger partial charge in [0, 0.05) is 0 Å². The Kier molecular flexibility index (Phi) is 3.95. The molecule has 0 aliphatic carbocycles. The lowest BCUT2D eigenvalue weighted by atomic mass is 9.84. The molecule has 1 rings (SSSR count). The predicted molar refractivity (Wildman–Crippen MR) is 46.4 cm³/mol. The molecular formula is C9H11BO3-2. The van der Waals surface area contributed by atoms with Gasteiger partial charge in [0.05, 0.1) is 6.61 Å². The van der Waals surface area contributed by atoms with Crippen LogP contribution in [0.3, 0.4) is 0 Å². The molecule has 1 atom stereocenters. The SMILES string of the molecule is CC(OCc1ccccc1)B([O-])[O-]. The number of ether oxygens (including phenoxy) is 1. The molecule has 0 heterocycles. The van der Waals surface area contributed by atoms with Crippen LogP contribution in [-0.4, -0.2) is 13.1 Å². The highest BCUT2D eigenvalue weighted by atomic mass is 16.5. The first-order chi connectivity index (χ1) is 6.20. The van der Waals surface area contributed by atoms with Gasteiger partial charge in [0.1, 0.15) is 0 Å². The number of benzene rings is 1. The first-order valence-corrected chi connectivity index (χ1v) is 4.17. The van der Waals surface area contributed by atoms with Crippen LogP contribution in [-0.2, 0) is 11.3 Å². The largest absolute Gasteiger partial charge is 0.891 e. The molecule has 0 aliphatic heterocycles. The van der Waals surface area contributed by atoms with Crippen molar-refractivity contribution in [3.8, 4) is 0 Å². The van der Waals surface area contributed by atoms with E-state index in [0.717, 1.165) is 5.56 Å². The summed E-state index contributed by atoms with van der Waals surface area (Å²) in [5, 5.41) is 20.7. The first-order valence-electron chi connectivity index (χ1n) is 4.17. The number of hydrogen-bond donors (Lipinski definition) is 0. The fourth-order valence-electron chi connectivity index (χ4n) is 0.880. The van der Waals surface area contributed by atoms with Gasteiger partial charge in [-0.15, -0.1) is 0 Å². The van der Waals surface area contributed by atoms with Crippen LogP contribution in [0.4, 0.5) is 0 Å². The summed E-state index contributed by atoms with van der Waals surface area (Å²) in [5.74, 6) is 0. The smallest absolute Gasteiger partial charge is 0.0708 e. The normalized spacial score (nSPS) is 12.5. The molecule has 0 spiro atoms. The molecule has 1 aromatic carbocycles. The van der Waals surface area contributed by atoms with Gasteiger partial charge in [-0.05, 0) is 18.5 Å². The molecular weight excluding hydrogens is 167 g/mol. The Bertz CT molecular complexity index is 238. The summed E-state index contributed by atoms with van der Waals surface area (Å²) in [6.45, 7) is 1.82. The van der Waals surface area contributed by atoms with Gasteiger partial charge in [0.2, 0.25) is 0 Å². The van der Waals surface area contributed by atoms with Crippen LogP contribution >= 0.6 is 0 Å². The molecule has 70 valence electrons. The number of hydrogen-bond acceptors (Lipinski definition) is 3. The monoisotopic (exact) mass is 178 g/mol. The van der Waals surface area contributed by atoms with Crippen LogP contribution < -0.4 is 10.0 Å². The summed E-state index contributed by atoms with van der Waals surface area (Å²) in [5.41, 5.74) is 0.968. The minimum Gasteiger partial charge on any atom is -0.891 e. The molecule has 0 fully saturated rings. The van der Waals surface area contributed by atoms with Crippen molar-refractivity contribution in [2.24, 2.45) is 0 Å². The van der Waals surface area contributed by atoms with Crippen molar-refractivity contribution in [3.05, 3.63) is 35.9 Å². The lowest BCUT2D eigenvalue weighted by Crippen LogP contribution is -2.54. The average molecular weight is 178 g/mol. The Balaban J connectivity index is 2.35. The van der Waals surface area contributed by atoms with E-state index in [1.54, 1.807) is 0 Å². The van der Waals surface area contributed by atoms with Crippen LogP contribution in [0.5, 0.6) is 0 Å². The van der Waals surface area contributed by atoms with Crippen LogP contribution in [0.1, 0.15) is 12.5 Å². The van der Waals surface area contributed by atoms with Gasteiger partial charge in [-0.3, -0.25) is 0 Å². The summed E-state index contributed by atoms with van der Waals surface area (Å²) in [4.78, 5) is 0. The van der Waals surface area contributed by atoms with Crippen molar-refractivity contribution in [2.75, 3.05) is 0 Å². The van der Waals surface area contributed by atoms with Gasteiger partial charge in [-0.25, -0.2) is 0 Å². The topological polar surface area (TPSA) is 55.3 Å². The Labute approximate surface area is 78.1 Å². The van der Waals surface area contributed by atoms with E-state index in [9.17, 15) is 10.0 Å². The third-order valence-corrected chi connectivity index (χ3v) is 1.74. The second-order valence-corrected chi connectivity index (χ2v) is 2.87. The predicted octanol–water partition coefficient (Wildman–Crippen LogP) is -0.660. The third-order valence-electron chi connectivity index (χ3n) is 1.74. The van der Waals surface area contributed by atoms with Gasteiger partial charge < -0.3 is 14.8 Å². The summed E-state index contributed by atoms with van der Waals surface area (Å²) in [6, 6.07) is 8.66. The van der Waals surface area contributed by atoms with Gasteiger partial charge in [0.25, 0.3) is 0 Å². The Hall–Kier alpha value is -0.835. The summed E-state index contributed by atoms with van der Waals surface area (Å²) < 4.78 is 5.06. The maximum absolute atomic E-state index is 10.4. The maximum Gasteiger partial charge on any atom is 0.0708 e. The minimum atomic E-state index is -1.91. The third kappa shape index (κ3) is 3.59. The molecule has 1 aromatic rings. The van der Waals surface area contributed by atoms with E-state index in [1.165, 1.54) is 6.92 Å². The zero-order chi connectivity index (χ0) is 9.68. The summed E-state index contributed by atoms with van der Waals surface area (Å²) in [6.07, 6.45) is 0. The molecule has 0 saturated heterocycles. The second kappa shape index (κ2) is 5.02. The van der Waals surface area contributed by atoms with Crippen LogP contribution in [0.25, 0.3) is 0 Å². The van der Waals surface area contributed by atoms with Crippen LogP contribution in [0.15, 0.2) is 30.3 Å². The Morgan fingerprint density at radius 3 is 2.46 bits per heavy atom. The molecule has 13 heavy (non-hydrogen) atoms. The lowest BCUT2D eigenvalue weighted by Gasteiger charge is -2.33. The van der Waals surface area contributed by atoms with Crippen molar-refractivity contribution in [2.45, 2.75) is 19.5 Å². The summed E-state index contributed by atoms with van der Waals surface area (Å²) in [7, 11) is -1.91. The standard InChI is InChI=1S/C9H11BO3/c1-8(10(11)12)13-7-9-5-3-2-4-6-9/h2-6,8H,7H2,1H3/q-2. The fourth-order valence-corrected chi connectivity index (χ4v) is 0.880. The van der Waals surface area contributed by atoms with Gasteiger partial charge in [-0.2, -0.15) is 0 Å². The molecule has 0 aromatic heterocycles. The highest BCUT2D eigenvalue weighted by molar-refractivity contribution is 6.38. The molecule has 0 radical (unpaired) electrons. The quantitative estimate of drug-likeness (QED) is 0.575. The fraction of sp³-hybridized carbons (Fsp3) is 0.333. The van der Waals surface area contributed by atoms with Crippen LogP contribution in [0, 0.1) is 0 Å². The van der Waals surface area contributed by atoms with E-state index >= 15 is 0 Å². The average Bonchev–Trinajstić information content (AvgIpc) is 2.15. The van der Waals surface area contributed by atoms with Gasteiger partial charge >= 0.3 is 0 Å². The van der Waals surface area contributed by atoms with E-state index in [2.05, 4.69) is 0 Å². The van der Waals surface area contributed by atoms with E-state index < -0.39 is 13.1 Å². The number of rotatable bonds is 4. The Morgan fingerprint density at radius 1 is 1.31 bits per heavy atom. The molecule has 0 bridgehead atoms. The highest BCUT2D eigenvalue weighted by Crippen LogP contribution is 2.02. The Morgan fingerprint density at radius 2 is 1.92 bits per heavy atom. The second-order valence-electron chi connectivity index (χ2n) is 2.87. The molecule has 1 unspecified atom stereocenters. The maximum atomic E-state index is 10.4. The molecule has 0 saturated carbocycles. The van der Waals surface area contributed by atoms with Crippen molar-refractivity contribution in [1.29, 1.82) is 0 Å². The molecule has 4 heteroatoms. The zero-order valence-corrected chi connectivity index (χ0v) is 7.47. The van der Waals surface area contributed by atoms with E-state index in [-0.39, 0.29) is 0 Å². The molecule has 0 N–H and O–H groups in total. The summed E-state index contributed by atoms with van der Waals surface area (Å²) >= 11 is 0. The highest BCUT2D eigenvalue weighted by Gasteiger charge is 1.97. The van der Waals surface area contributed by atoms with E-state index in [1.807, 2.05) is 30.3 Å². The van der Waals surface area contributed by atoms with Gasteiger partial charge in [0.15, 0.2) is 0 Å². The van der Waals surface area contributed by atoms with E-state index in [4.69, 9.17) is 4.74 Å².